The molecule has 2 unspecified atom stereocenters. The van der Waals surface area contributed by atoms with Crippen LogP contribution in [-0.2, 0) is 11.3 Å². The van der Waals surface area contributed by atoms with E-state index < -0.39 is 29.9 Å². The minimum Gasteiger partial charge on any atom is -0.494 e. The number of benzene rings is 3. The standard InChI is InChI=1S/C33H26F3N5O3/c1-38-27-10-8-22(15-24(27)34)32-31(21-9-11-29(43-2)25(35)14-21)23(17-37)16-30(40-32)41-13-12-28(26(36)18-41)39-33(42)44-19-20-6-4-3-5-7-20/h3-11,14-16,26,28H,12-13,18-19H2,2H3,(H,39,42). The number of methoxy groups -OCH3 is 1. The summed E-state index contributed by atoms with van der Waals surface area (Å²) in [7, 11) is 1.33. The lowest BCUT2D eigenvalue weighted by molar-refractivity contribution is 0.124. The summed E-state index contributed by atoms with van der Waals surface area (Å²) < 4.78 is 55.1. The van der Waals surface area contributed by atoms with E-state index in [1.54, 1.807) is 11.0 Å². The van der Waals surface area contributed by atoms with Crippen molar-refractivity contribution in [2.24, 2.45) is 0 Å². The maximum atomic E-state index is 15.4. The number of alkyl halides is 1. The minimum absolute atomic E-state index is 0.000238. The van der Waals surface area contributed by atoms with Crippen molar-refractivity contribution in [1.82, 2.24) is 10.3 Å². The Balaban J connectivity index is 1.44. The number of carbonyl (C=O) groups is 1. The molecule has 1 aliphatic rings. The van der Waals surface area contributed by atoms with Crippen molar-refractivity contribution >= 4 is 17.6 Å². The summed E-state index contributed by atoms with van der Waals surface area (Å²) in [6.07, 6.45) is -2.00. The molecule has 0 aliphatic carbocycles. The number of piperidine rings is 1. The van der Waals surface area contributed by atoms with Gasteiger partial charge in [0, 0.05) is 17.7 Å². The Kier molecular flexibility index (Phi) is 8.96. The predicted molar refractivity (Wildman–Crippen MR) is 158 cm³/mol. The summed E-state index contributed by atoms with van der Waals surface area (Å²) in [6, 6.07) is 19.9. The highest BCUT2D eigenvalue weighted by molar-refractivity contribution is 5.87. The van der Waals surface area contributed by atoms with E-state index >= 15 is 4.39 Å². The molecule has 1 aromatic heterocycles. The number of nitrogens with one attached hydrogen (secondary N) is 1. The molecule has 0 bridgehead atoms. The molecule has 11 heteroatoms. The molecular formula is C33H26F3N5O3. The molecule has 8 nitrogen and oxygen atoms in total. The Morgan fingerprint density at radius 2 is 1.86 bits per heavy atom. The lowest BCUT2D eigenvalue weighted by Gasteiger charge is -2.36. The van der Waals surface area contributed by atoms with Crippen LogP contribution in [0.3, 0.4) is 0 Å². The molecule has 5 rings (SSSR count). The predicted octanol–water partition coefficient (Wildman–Crippen LogP) is 6.97. The van der Waals surface area contributed by atoms with E-state index in [0.717, 1.165) is 11.6 Å². The van der Waals surface area contributed by atoms with Crippen LogP contribution < -0.4 is 15.0 Å². The van der Waals surface area contributed by atoms with Gasteiger partial charge in [-0.25, -0.2) is 27.8 Å². The van der Waals surface area contributed by atoms with Crippen molar-refractivity contribution in [3.63, 3.8) is 0 Å². The second-order valence-corrected chi connectivity index (χ2v) is 10.1. The Bertz CT molecular complexity index is 1770. The molecule has 1 aliphatic heterocycles. The normalized spacial score (nSPS) is 16.0. The highest BCUT2D eigenvalue weighted by Gasteiger charge is 2.32. The number of pyridine rings is 1. The van der Waals surface area contributed by atoms with E-state index in [-0.39, 0.29) is 65.8 Å². The molecule has 44 heavy (non-hydrogen) atoms. The monoisotopic (exact) mass is 597 g/mol. The second kappa shape index (κ2) is 13.2. The van der Waals surface area contributed by atoms with E-state index in [2.05, 4.69) is 16.2 Å². The van der Waals surface area contributed by atoms with Gasteiger partial charge in [-0.05, 0) is 41.8 Å². The van der Waals surface area contributed by atoms with Gasteiger partial charge in [-0.3, -0.25) is 0 Å². The summed E-state index contributed by atoms with van der Waals surface area (Å²) >= 11 is 0. The lowest BCUT2D eigenvalue weighted by Crippen LogP contribution is -2.52. The van der Waals surface area contributed by atoms with Crippen LogP contribution in [0.15, 0.2) is 72.8 Å². The third-order valence-electron chi connectivity index (χ3n) is 7.29. The molecule has 1 saturated heterocycles. The number of nitriles is 1. The van der Waals surface area contributed by atoms with Gasteiger partial charge in [0.25, 0.3) is 0 Å². The van der Waals surface area contributed by atoms with Crippen LogP contribution in [0.25, 0.3) is 27.2 Å². The lowest BCUT2D eigenvalue weighted by atomic mass is 9.94. The molecule has 222 valence electrons. The highest BCUT2D eigenvalue weighted by Crippen LogP contribution is 2.39. The van der Waals surface area contributed by atoms with E-state index in [1.165, 1.54) is 37.4 Å². The molecule has 2 heterocycles. The number of nitrogens with zero attached hydrogens (tertiary/aromatic N) is 4. The van der Waals surface area contributed by atoms with Gasteiger partial charge in [-0.2, -0.15) is 5.26 Å². The summed E-state index contributed by atoms with van der Waals surface area (Å²) in [6.45, 7) is 7.35. The first kappa shape index (κ1) is 29.9. The van der Waals surface area contributed by atoms with Crippen LogP contribution in [0.4, 0.5) is 29.5 Å². The van der Waals surface area contributed by atoms with Crippen LogP contribution in [0.5, 0.6) is 5.75 Å². The van der Waals surface area contributed by atoms with Gasteiger partial charge < -0.3 is 19.7 Å². The Morgan fingerprint density at radius 3 is 2.52 bits per heavy atom. The van der Waals surface area contributed by atoms with Gasteiger partial charge in [0.05, 0.1) is 43.6 Å². The SMILES string of the molecule is [C-]#[N+]c1ccc(-c2nc(N3CCC(NC(=O)OCc4ccccc4)C(F)C3)cc(C#N)c2-c2ccc(OC)c(F)c2)cc1F. The molecule has 2 atom stereocenters. The summed E-state index contributed by atoms with van der Waals surface area (Å²) in [5.41, 5.74) is 1.64. The molecule has 0 saturated carbocycles. The van der Waals surface area contributed by atoms with Gasteiger partial charge in [0.15, 0.2) is 11.6 Å². The molecular weight excluding hydrogens is 571 g/mol. The van der Waals surface area contributed by atoms with Crippen LogP contribution >= 0.6 is 0 Å². The van der Waals surface area contributed by atoms with Crippen molar-refractivity contribution in [2.45, 2.75) is 25.2 Å². The number of hydrogen-bond donors (Lipinski definition) is 1. The summed E-state index contributed by atoms with van der Waals surface area (Å²) in [5.74, 6) is -1.21. The zero-order valence-corrected chi connectivity index (χ0v) is 23.6. The first-order valence-corrected chi connectivity index (χ1v) is 13.6. The molecule has 0 spiro atoms. The number of rotatable bonds is 7. The average molecular weight is 598 g/mol. The van der Waals surface area contributed by atoms with Crippen molar-refractivity contribution in [3.8, 4) is 34.2 Å². The van der Waals surface area contributed by atoms with E-state index in [4.69, 9.17) is 21.0 Å². The fraction of sp³-hybridized carbons (Fsp3) is 0.212. The zero-order chi connectivity index (χ0) is 31.2. The van der Waals surface area contributed by atoms with E-state index in [0.29, 0.717) is 5.56 Å². The maximum Gasteiger partial charge on any atom is 0.407 e. The topological polar surface area (TPSA) is 91.8 Å². The van der Waals surface area contributed by atoms with Crippen molar-refractivity contribution in [2.75, 3.05) is 25.1 Å². The van der Waals surface area contributed by atoms with Gasteiger partial charge in [-0.1, -0.05) is 48.5 Å². The molecule has 1 amide bonds. The minimum atomic E-state index is -1.49. The maximum absolute atomic E-state index is 15.4. The fourth-order valence-electron chi connectivity index (χ4n) is 5.04. The number of anilines is 1. The highest BCUT2D eigenvalue weighted by atomic mass is 19.1. The number of alkyl carbamates (subject to hydrolysis) is 1. The van der Waals surface area contributed by atoms with Gasteiger partial charge in [-0.15, -0.1) is 0 Å². The number of ether oxygens (including phenoxy) is 2. The van der Waals surface area contributed by atoms with Crippen molar-refractivity contribution in [3.05, 3.63) is 107 Å². The van der Waals surface area contributed by atoms with Gasteiger partial charge >= 0.3 is 6.09 Å². The molecule has 1 fully saturated rings. The molecule has 1 N–H and O–H groups in total. The van der Waals surface area contributed by atoms with Crippen LogP contribution in [0.2, 0.25) is 0 Å². The number of amides is 1. The fourth-order valence-corrected chi connectivity index (χ4v) is 5.04. The van der Waals surface area contributed by atoms with Crippen molar-refractivity contribution < 1.29 is 27.4 Å². The average Bonchev–Trinajstić information content (AvgIpc) is 3.04. The smallest absolute Gasteiger partial charge is 0.407 e. The third kappa shape index (κ3) is 6.42. The van der Waals surface area contributed by atoms with Crippen LogP contribution in [-0.4, -0.2) is 43.5 Å². The summed E-state index contributed by atoms with van der Waals surface area (Å²) in [4.78, 5) is 21.8. The Hall–Kier alpha value is -5.55. The first-order chi connectivity index (χ1) is 21.3. The van der Waals surface area contributed by atoms with E-state index in [1.807, 2.05) is 30.3 Å². The van der Waals surface area contributed by atoms with Gasteiger partial charge in [0.2, 0.25) is 5.69 Å². The van der Waals surface area contributed by atoms with Crippen LogP contribution in [0, 0.1) is 29.5 Å². The zero-order valence-electron chi connectivity index (χ0n) is 23.6. The third-order valence-corrected chi connectivity index (χ3v) is 7.29. The Morgan fingerprint density at radius 1 is 1.11 bits per heavy atom. The van der Waals surface area contributed by atoms with E-state index in [9.17, 15) is 18.8 Å². The van der Waals surface area contributed by atoms with Crippen LogP contribution in [0.1, 0.15) is 17.5 Å². The summed E-state index contributed by atoms with van der Waals surface area (Å²) in [5, 5.41) is 12.7. The number of hydrogen-bond acceptors (Lipinski definition) is 6. The molecule has 3 aromatic carbocycles. The molecule has 4 aromatic rings. The van der Waals surface area contributed by atoms with Gasteiger partial charge in [0.1, 0.15) is 24.4 Å². The number of carbonyl (C=O) groups excluding carboxylic acids is 1. The second-order valence-electron chi connectivity index (χ2n) is 10.1. The quantitative estimate of drug-likeness (QED) is 0.232. The first-order valence-electron chi connectivity index (χ1n) is 13.6. The van der Waals surface area contributed by atoms with Crippen molar-refractivity contribution in [1.29, 1.82) is 5.26 Å². The Labute approximate surface area is 252 Å². The largest absolute Gasteiger partial charge is 0.494 e. The molecule has 0 radical (unpaired) electrons. The number of halogens is 3. The number of aromatic nitrogens is 1.